The summed E-state index contributed by atoms with van der Waals surface area (Å²) in [5.74, 6) is -3.05. The number of aryl methyl sites for hydroxylation is 2. The van der Waals surface area contributed by atoms with E-state index < -0.39 is 61.3 Å². The Balaban J connectivity index is 1.29. The van der Waals surface area contributed by atoms with Crippen molar-refractivity contribution in [1.82, 2.24) is 24.7 Å². The molecular formula is C42H63N5O7S. The van der Waals surface area contributed by atoms with Gasteiger partial charge in [-0.05, 0) is 80.0 Å². The number of Topliss-reactive ketones (excluding diaryl/α,β-unsaturated/α-hetero) is 2. The number of hydrogen-bond donors (Lipinski definition) is 2. The van der Waals surface area contributed by atoms with Crippen LogP contribution in [0.25, 0.3) is 0 Å². The van der Waals surface area contributed by atoms with Gasteiger partial charge in [-0.15, -0.1) is 6.58 Å². The van der Waals surface area contributed by atoms with Gasteiger partial charge in [-0.2, -0.15) is 5.10 Å². The first-order chi connectivity index (χ1) is 25.2. The monoisotopic (exact) mass is 781 g/mol. The lowest BCUT2D eigenvalue weighted by Crippen LogP contribution is -2.52. The highest BCUT2D eigenvalue weighted by Crippen LogP contribution is 2.88. The van der Waals surface area contributed by atoms with Crippen LogP contribution in [0.3, 0.4) is 0 Å². The summed E-state index contributed by atoms with van der Waals surface area (Å²) >= 11 is 0. The summed E-state index contributed by atoms with van der Waals surface area (Å²) in [5.41, 5.74) is -1.33. The van der Waals surface area contributed by atoms with E-state index >= 15 is 4.79 Å². The first-order valence-electron chi connectivity index (χ1n) is 20.1. The molecule has 1 aromatic rings. The van der Waals surface area contributed by atoms with Crippen LogP contribution in [0.2, 0.25) is 0 Å². The smallest absolute Gasteiger partial charge is 0.255 e. The Kier molecular flexibility index (Phi) is 9.83. The Bertz CT molecular complexity index is 1940. The topological polar surface area (TPSA) is 165 Å². The number of likely N-dealkylation sites (tertiary alicyclic amines) is 1. The van der Waals surface area contributed by atoms with Gasteiger partial charge >= 0.3 is 0 Å². The number of rotatable bonds is 13. The molecule has 6 rings (SSSR count). The summed E-state index contributed by atoms with van der Waals surface area (Å²) in [6, 6.07) is -1.73. The van der Waals surface area contributed by atoms with Crippen molar-refractivity contribution in [3.63, 3.8) is 0 Å². The lowest BCUT2D eigenvalue weighted by atomic mass is 9.73. The van der Waals surface area contributed by atoms with Gasteiger partial charge in [-0.1, -0.05) is 67.9 Å². The van der Waals surface area contributed by atoms with Crippen LogP contribution in [-0.4, -0.2) is 76.3 Å². The summed E-state index contributed by atoms with van der Waals surface area (Å²) < 4.78 is 29.5. The number of amides is 3. The third-order valence-corrected chi connectivity index (χ3v) is 16.8. The van der Waals surface area contributed by atoms with Crippen molar-refractivity contribution in [2.75, 3.05) is 6.54 Å². The minimum Gasteiger partial charge on any atom is -0.342 e. The normalized spacial score (nSPS) is 29.0. The number of carbonyl (C=O) groups is 5. The van der Waals surface area contributed by atoms with Crippen LogP contribution in [0.5, 0.6) is 0 Å². The fourth-order valence-electron chi connectivity index (χ4n) is 10.8. The first kappa shape index (κ1) is 41.3. The fraction of sp³-hybridized carbons (Fsp3) is 0.762. The number of aromatic nitrogens is 2. The number of sulfonamides is 1. The fourth-order valence-corrected chi connectivity index (χ4v) is 12.2. The molecule has 304 valence electrons. The standard InChI is InChI=1S/C42H63N5O7S/c1-13-26-20-40(26,36(52)45-55(53,54)27-15-16-27)22-31(49)29-21-42(39(10,11)41(42)17-14-18-41)23-47(29)35(51)28(37(4,5)6)19-30(48)33(38(7,8)9)43-34(50)32-24(2)44-46(12)25(32)3/h13,26-29,33H,1,14-23H2,2-12H3,(H,43,50)(H,45,52)/t26-,28-,29+,33-,40-,42-/m1/s1. The predicted octanol–water partition coefficient (Wildman–Crippen LogP) is 5.36. The van der Waals surface area contributed by atoms with E-state index in [1.807, 2.05) is 41.5 Å². The number of nitrogens with one attached hydrogen (secondary N) is 2. The van der Waals surface area contributed by atoms with Crippen LogP contribution >= 0.6 is 0 Å². The Labute approximate surface area is 327 Å². The lowest BCUT2D eigenvalue weighted by Gasteiger charge is -2.37. The SMILES string of the molecule is C=C[C@@H]1C[C@]1(CC(=O)[C@@H]1C[C@@]2(CN1C(=O)[C@@H](CC(=O)[C@@H](NC(=O)c1c(C)nn(C)c1C)C(C)(C)C)C(C)(C)C)C(C)(C)C21CCC1)C(=O)NS(=O)(=O)C1CC1. The molecule has 0 radical (unpaired) electrons. The van der Waals surface area contributed by atoms with Gasteiger partial charge in [-0.25, -0.2) is 8.42 Å². The maximum Gasteiger partial charge on any atom is 0.255 e. The molecule has 12 nitrogen and oxygen atoms in total. The molecule has 2 N–H and O–H groups in total. The number of allylic oxidation sites excluding steroid dienone is 1. The summed E-state index contributed by atoms with van der Waals surface area (Å²) in [6.45, 7) is 23.7. The van der Waals surface area contributed by atoms with Crippen LogP contribution in [0, 0.1) is 58.2 Å². The van der Waals surface area contributed by atoms with Gasteiger partial charge in [0, 0.05) is 43.5 Å². The van der Waals surface area contributed by atoms with Crippen LogP contribution in [0.1, 0.15) is 135 Å². The minimum atomic E-state index is -3.83. The molecule has 4 saturated carbocycles. The van der Waals surface area contributed by atoms with Gasteiger partial charge < -0.3 is 10.2 Å². The van der Waals surface area contributed by atoms with Crippen molar-refractivity contribution in [3.8, 4) is 0 Å². The Morgan fingerprint density at radius 1 is 0.982 bits per heavy atom. The quantitative estimate of drug-likeness (QED) is 0.253. The molecule has 0 aromatic carbocycles. The Morgan fingerprint density at radius 3 is 2.04 bits per heavy atom. The largest absolute Gasteiger partial charge is 0.342 e. The van der Waals surface area contributed by atoms with Crippen molar-refractivity contribution < 1.29 is 32.4 Å². The number of ketones is 2. The van der Waals surface area contributed by atoms with Crippen molar-refractivity contribution >= 4 is 39.3 Å². The van der Waals surface area contributed by atoms with E-state index in [2.05, 4.69) is 35.6 Å². The molecule has 6 atom stereocenters. The van der Waals surface area contributed by atoms with E-state index in [4.69, 9.17) is 0 Å². The van der Waals surface area contributed by atoms with Gasteiger partial charge in [0.25, 0.3) is 5.91 Å². The molecule has 0 bridgehead atoms. The summed E-state index contributed by atoms with van der Waals surface area (Å²) in [4.78, 5) is 73.4. The molecule has 55 heavy (non-hydrogen) atoms. The number of hydrogen-bond acceptors (Lipinski definition) is 8. The molecule has 5 aliphatic rings. The van der Waals surface area contributed by atoms with Crippen LogP contribution in [-0.2, 0) is 36.2 Å². The van der Waals surface area contributed by atoms with E-state index in [0.29, 0.717) is 49.2 Å². The van der Waals surface area contributed by atoms with Crippen LogP contribution < -0.4 is 10.0 Å². The molecule has 3 amide bonds. The average molecular weight is 782 g/mol. The molecule has 2 spiro atoms. The van der Waals surface area contributed by atoms with Crippen LogP contribution in [0.4, 0.5) is 0 Å². The molecule has 0 unspecified atom stereocenters. The third-order valence-electron chi connectivity index (χ3n) is 15.0. The molecule has 1 aromatic heterocycles. The zero-order valence-corrected chi connectivity index (χ0v) is 35.7. The third kappa shape index (κ3) is 6.51. The van der Waals surface area contributed by atoms with Crippen LogP contribution in [0.15, 0.2) is 12.7 Å². The van der Waals surface area contributed by atoms with Crippen molar-refractivity contribution in [1.29, 1.82) is 0 Å². The molecule has 2 heterocycles. The van der Waals surface area contributed by atoms with Crippen molar-refractivity contribution in [2.45, 2.75) is 144 Å². The molecule has 4 aliphatic carbocycles. The zero-order chi connectivity index (χ0) is 41.1. The van der Waals surface area contributed by atoms with E-state index in [-0.39, 0.29) is 52.5 Å². The Hall–Kier alpha value is -3.35. The number of carbonyl (C=O) groups excluding carboxylic acids is 5. The highest BCUT2D eigenvalue weighted by Gasteiger charge is 2.85. The number of nitrogens with zero attached hydrogens (tertiary/aromatic N) is 3. The van der Waals surface area contributed by atoms with E-state index in [9.17, 15) is 27.6 Å². The first-order valence-corrected chi connectivity index (χ1v) is 21.6. The number of fused-ring (bicyclic) bond motifs is 1. The molecule has 1 aliphatic heterocycles. The second kappa shape index (κ2) is 13.1. The van der Waals surface area contributed by atoms with E-state index in [1.165, 1.54) is 0 Å². The lowest BCUT2D eigenvalue weighted by molar-refractivity contribution is -0.146. The highest BCUT2D eigenvalue weighted by atomic mass is 32.2. The van der Waals surface area contributed by atoms with Gasteiger partial charge in [0.2, 0.25) is 21.8 Å². The Morgan fingerprint density at radius 2 is 1.60 bits per heavy atom. The zero-order valence-electron chi connectivity index (χ0n) is 34.8. The average Bonchev–Trinajstić information content (AvgIpc) is 3.97. The molecule has 5 fully saturated rings. The predicted molar refractivity (Wildman–Crippen MR) is 209 cm³/mol. The second-order valence-electron chi connectivity index (χ2n) is 20.4. The van der Waals surface area contributed by atoms with E-state index in [1.54, 1.807) is 36.6 Å². The van der Waals surface area contributed by atoms with Gasteiger partial charge in [0.1, 0.15) is 0 Å². The minimum absolute atomic E-state index is 0.0153. The van der Waals surface area contributed by atoms with Gasteiger partial charge in [0.05, 0.1) is 34.0 Å². The maximum atomic E-state index is 15.1. The van der Waals surface area contributed by atoms with Crippen molar-refractivity contribution in [2.24, 2.45) is 51.4 Å². The van der Waals surface area contributed by atoms with Gasteiger partial charge in [0.15, 0.2) is 11.6 Å². The summed E-state index contributed by atoms with van der Waals surface area (Å²) in [5, 5.41) is 6.77. The summed E-state index contributed by atoms with van der Waals surface area (Å²) in [6.07, 6.45) is 6.21. The molecule has 1 saturated heterocycles. The maximum absolute atomic E-state index is 15.1. The second-order valence-corrected chi connectivity index (χ2v) is 22.3. The van der Waals surface area contributed by atoms with Gasteiger partial charge in [-0.3, -0.25) is 33.4 Å². The summed E-state index contributed by atoms with van der Waals surface area (Å²) in [7, 11) is -2.07. The highest BCUT2D eigenvalue weighted by molar-refractivity contribution is 7.90. The van der Waals surface area contributed by atoms with Crippen molar-refractivity contribution in [3.05, 3.63) is 29.6 Å². The molecular weight excluding hydrogens is 719 g/mol. The molecule has 13 heteroatoms. The van der Waals surface area contributed by atoms with E-state index in [0.717, 1.165) is 19.3 Å².